The Morgan fingerprint density at radius 2 is 2.16 bits per heavy atom. The van der Waals surface area contributed by atoms with Gasteiger partial charge in [-0.2, -0.15) is 0 Å². The molecule has 1 saturated carbocycles. The van der Waals surface area contributed by atoms with Crippen LogP contribution in [0.5, 0.6) is 0 Å². The molecule has 8 heteroatoms. The largest absolute Gasteiger partial charge is 0.364 e. The van der Waals surface area contributed by atoms with Gasteiger partial charge in [-0.05, 0) is 18.9 Å². The molecule has 1 amide bonds. The lowest BCUT2D eigenvalue weighted by Gasteiger charge is -2.43. The molecule has 6 nitrogen and oxygen atoms in total. The first kappa shape index (κ1) is 16.7. The van der Waals surface area contributed by atoms with E-state index >= 15 is 0 Å². The maximum Gasteiger partial charge on any atom is 0.260 e. The first-order chi connectivity index (χ1) is 12.2. The second-order valence-corrected chi connectivity index (χ2v) is 7.17. The maximum atomic E-state index is 13.1. The second-order valence-electron chi connectivity index (χ2n) is 6.63. The molecule has 2 aromatic heterocycles. The number of anilines is 1. The predicted octanol–water partition coefficient (Wildman–Crippen LogP) is 3.57. The summed E-state index contributed by atoms with van der Waals surface area (Å²) in [5, 5.41) is 0.832. The third-order valence-electron chi connectivity index (χ3n) is 5.16. The third-order valence-corrected chi connectivity index (χ3v) is 5.60. The van der Waals surface area contributed by atoms with Gasteiger partial charge in [-0.25, -0.2) is 8.96 Å². The molecule has 0 aromatic carbocycles. The summed E-state index contributed by atoms with van der Waals surface area (Å²) in [6.07, 6.45) is 9.11. The summed E-state index contributed by atoms with van der Waals surface area (Å²) in [7, 11) is 1.59. The number of aromatic nitrogens is 2. The molecule has 0 atom stereocenters. The molecule has 0 unspecified atom stereocenters. The zero-order chi connectivity index (χ0) is 17.4. The summed E-state index contributed by atoms with van der Waals surface area (Å²) < 4.78 is 19.7. The Labute approximate surface area is 150 Å². The van der Waals surface area contributed by atoms with Crippen LogP contribution in [0.25, 0.3) is 11.0 Å². The van der Waals surface area contributed by atoms with Gasteiger partial charge >= 0.3 is 0 Å². The molecule has 25 heavy (non-hydrogen) atoms. The average Bonchev–Trinajstić information content (AvgIpc) is 3.08. The molecule has 0 saturated heterocycles. The number of hydrogen-bond donors (Lipinski definition) is 0. The number of amides is 1. The first-order valence-corrected chi connectivity index (χ1v) is 9.26. The van der Waals surface area contributed by atoms with Gasteiger partial charge in [-0.1, -0.05) is 19.3 Å². The normalized spacial score (nSPS) is 18.9. The van der Waals surface area contributed by atoms with Gasteiger partial charge in [0, 0.05) is 30.9 Å². The number of ether oxygens (including phenoxy) is 1. The number of pyridine rings is 1. The van der Waals surface area contributed by atoms with Crippen LogP contribution in [0.4, 0.5) is 9.57 Å². The van der Waals surface area contributed by atoms with Crippen molar-refractivity contribution in [2.75, 3.05) is 25.4 Å². The molecule has 134 valence electrons. The van der Waals surface area contributed by atoms with E-state index in [0.29, 0.717) is 23.9 Å². The molecule has 3 heterocycles. The van der Waals surface area contributed by atoms with Crippen LogP contribution in [-0.2, 0) is 4.74 Å². The number of methoxy groups -OCH3 is 1. The van der Waals surface area contributed by atoms with E-state index in [1.807, 2.05) is 6.07 Å². The van der Waals surface area contributed by atoms with Crippen molar-refractivity contribution in [2.24, 2.45) is 0 Å². The van der Waals surface area contributed by atoms with Gasteiger partial charge in [0.1, 0.15) is 6.73 Å². The monoisotopic (exact) mass is 364 g/mol. The smallest absolute Gasteiger partial charge is 0.260 e. The highest BCUT2D eigenvalue weighted by Crippen LogP contribution is 2.39. The van der Waals surface area contributed by atoms with Crippen molar-refractivity contribution < 1.29 is 13.4 Å². The molecular weight excluding hydrogens is 343 g/mol. The third kappa shape index (κ3) is 2.77. The Balaban J connectivity index is 1.85. The SMILES string of the molecule is COCN1CN(C2CCCCC2)c2c(cnc3c2ccn3SF)C1=O. The zero-order valence-electron chi connectivity index (χ0n) is 14.2. The quantitative estimate of drug-likeness (QED) is 0.830. The van der Waals surface area contributed by atoms with E-state index in [-0.39, 0.29) is 25.0 Å². The standard InChI is InChI=1S/C17H21FN4O2S/c1-24-11-20-10-21(12-5-3-2-4-6-12)15-13-7-8-22(25-18)16(13)19-9-14(15)17(20)23/h7-9,12H,2-6,10-11H2,1H3. The fraction of sp³-hybridized carbons (Fsp3) is 0.529. The van der Waals surface area contributed by atoms with Crippen molar-refractivity contribution in [1.82, 2.24) is 13.9 Å². The molecule has 0 spiro atoms. The molecule has 0 radical (unpaired) electrons. The van der Waals surface area contributed by atoms with Crippen LogP contribution in [-0.4, -0.2) is 46.3 Å². The summed E-state index contributed by atoms with van der Waals surface area (Å²) in [5.41, 5.74) is 2.02. The number of hydrogen-bond acceptors (Lipinski definition) is 5. The summed E-state index contributed by atoms with van der Waals surface area (Å²) >= 11 is 0.122. The van der Waals surface area contributed by atoms with Crippen molar-refractivity contribution in [3.8, 4) is 0 Å². The molecule has 2 aromatic rings. The summed E-state index contributed by atoms with van der Waals surface area (Å²) in [6.45, 7) is 0.748. The van der Waals surface area contributed by atoms with Crippen molar-refractivity contribution >= 4 is 35.0 Å². The molecule has 1 aliphatic heterocycles. The predicted molar refractivity (Wildman–Crippen MR) is 96.1 cm³/mol. The molecule has 1 fully saturated rings. The zero-order valence-corrected chi connectivity index (χ0v) is 15.0. The van der Waals surface area contributed by atoms with Gasteiger partial charge in [-0.3, -0.25) is 9.69 Å². The highest BCUT2D eigenvalue weighted by atomic mass is 32.2. The van der Waals surface area contributed by atoms with E-state index < -0.39 is 0 Å². The van der Waals surface area contributed by atoms with E-state index in [1.54, 1.807) is 24.4 Å². The molecule has 2 aliphatic rings. The van der Waals surface area contributed by atoms with Crippen molar-refractivity contribution in [3.05, 3.63) is 24.0 Å². The highest BCUT2D eigenvalue weighted by molar-refractivity contribution is 7.92. The lowest BCUT2D eigenvalue weighted by molar-refractivity contribution is 0.0386. The Hall–Kier alpha value is -1.80. The Morgan fingerprint density at radius 1 is 1.36 bits per heavy atom. The summed E-state index contributed by atoms with van der Waals surface area (Å²) in [4.78, 5) is 21.2. The van der Waals surface area contributed by atoms with Gasteiger partial charge < -0.3 is 9.64 Å². The maximum absolute atomic E-state index is 13.1. The van der Waals surface area contributed by atoms with Gasteiger partial charge in [0.25, 0.3) is 5.91 Å². The Kier molecular flexibility index (Phi) is 4.56. The molecule has 0 bridgehead atoms. The fourth-order valence-electron chi connectivity index (χ4n) is 4.01. The van der Waals surface area contributed by atoms with Crippen molar-refractivity contribution in [3.63, 3.8) is 0 Å². The summed E-state index contributed by atoms with van der Waals surface area (Å²) in [6, 6.07) is 2.23. The Morgan fingerprint density at radius 3 is 2.88 bits per heavy atom. The second kappa shape index (κ2) is 6.84. The van der Waals surface area contributed by atoms with E-state index in [1.165, 1.54) is 23.2 Å². The first-order valence-electron chi connectivity index (χ1n) is 8.58. The van der Waals surface area contributed by atoms with Gasteiger partial charge in [0.2, 0.25) is 0 Å². The molecule has 0 N–H and O–H groups in total. The lowest BCUT2D eigenvalue weighted by Crippen LogP contribution is -2.51. The van der Waals surface area contributed by atoms with E-state index in [4.69, 9.17) is 4.74 Å². The summed E-state index contributed by atoms with van der Waals surface area (Å²) in [5.74, 6) is -0.0843. The van der Waals surface area contributed by atoms with Crippen LogP contribution in [0, 0.1) is 0 Å². The molecule has 4 rings (SSSR count). The van der Waals surface area contributed by atoms with Gasteiger partial charge in [-0.15, -0.1) is 3.89 Å². The van der Waals surface area contributed by atoms with E-state index in [0.717, 1.165) is 23.9 Å². The number of halogens is 1. The number of fused-ring (bicyclic) bond motifs is 3. The lowest BCUT2D eigenvalue weighted by atomic mass is 9.92. The van der Waals surface area contributed by atoms with Crippen molar-refractivity contribution in [1.29, 1.82) is 0 Å². The van der Waals surface area contributed by atoms with Crippen LogP contribution in [0.15, 0.2) is 18.5 Å². The minimum absolute atomic E-state index is 0.0843. The van der Waals surface area contributed by atoms with Crippen LogP contribution < -0.4 is 4.90 Å². The van der Waals surface area contributed by atoms with Crippen LogP contribution in [0.2, 0.25) is 0 Å². The van der Waals surface area contributed by atoms with E-state index in [9.17, 15) is 8.68 Å². The van der Waals surface area contributed by atoms with Gasteiger partial charge in [0.05, 0.1) is 17.9 Å². The number of carbonyl (C=O) groups is 1. The average molecular weight is 364 g/mol. The van der Waals surface area contributed by atoms with E-state index in [2.05, 4.69) is 9.88 Å². The number of carbonyl (C=O) groups excluding carboxylic acids is 1. The number of nitrogens with zero attached hydrogens (tertiary/aromatic N) is 4. The minimum atomic E-state index is -0.0843. The van der Waals surface area contributed by atoms with Gasteiger partial charge in [0.15, 0.2) is 18.0 Å². The Bertz CT molecular complexity index is 790. The molecular formula is C17H21FN4O2S. The molecule has 1 aliphatic carbocycles. The highest BCUT2D eigenvalue weighted by Gasteiger charge is 2.35. The fourth-order valence-corrected chi connectivity index (χ4v) is 4.32. The van der Waals surface area contributed by atoms with Crippen LogP contribution in [0.3, 0.4) is 0 Å². The van der Waals surface area contributed by atoms with Crippen molar-refractivity contribution in [2.45, 2.75) is 38.1 Å². The number of rotatable bonds is 4. The van der Waals surface area contributed by atoms with Crippen LogP contribution in [0.1, 0.15) is 42.5 Å². The topological polar surface area (TPSA) is 50.6 Å². The minimum Gasteiger partial charge on any atom is -0.364 e. The van der Waals surface area contributed by atoms with Crippen LogP contribution >= 0.6 is 12.3 Å².